The number of halogens is 1. The van der Waals surface area contributed by atoms with Crippen molar-refractivity contribution in [3.05, 3.63) is 101 Å². The second-order valence-corrected chi connectivity index (χ2v) is 12.6. The fourth-order valence-electron chi connectivity index (χ4n) is 6.18. The van der Waals surface area contributed by atoms with Gasteiger partial charge in [0.05, 0.1) is 6.54 Å². The summed E-state index contributed by atoms with van der Waals surface area (Å²) >= 11 is 6.13. The molecule has 5 rings (SSSR count). The molecule has 2 heterocycles. The van der Waals surface area contributed by atoms with Crippen LogP contribution in [0.15, 0.2) is 85.1 Å². The minimum atomic E-state index is -0.373. The van der Waals surface area contributed by atoms with Crippen molar-refractivity contribution in [2.45, 2.75) is 38.6 Å². The number of allylic oxidation sites excluding steroid dienone is 1. The second-order valence-electron chi connectivity index (χ2n) is 12.2. The van der Waals surface area contributed by atoms with Gasteiger partial charge >= 0.3 is 6.03 Å². The van der Waals surface area contributed by atoms with E-state index in [4.69, 9.17) is 26.8 Å². The maximum atomic E-state index is 13.3. The highest BCUT2D eigenvalue weighted by Crippen LogP contribution is 2.33. The largest absolute Gasteiger partial charge is 0.454 e. The average molecular weight is 646 g/mol. The van der Waals surface area contributed by atoms with Gasteiger partial charge in [-0.15, -0.1) is 0 Å². The van der Waals surface area contributed by atoms with Gasteiger partial charge in [-0.25, -0.2) is 4.79 Å². The maximum absolute atomic E-state index is 13.3. The van der Waals surface area contributed by atoms with E-state index in [9.17, 15) is 9.59 Å². The number of hydrogen-bond donors (Lipinski definition) is 3. The number of rotatable bonds is 14. The summed E-state index contributed by atoms with van der Waals surface area (Å²) in [6, 6.07) is 23.2. The van der Waals surface area contributed by atoms with E-state index in [2.05, 4.69) is 47.2 Å². The molecular weight excluding hydrogens is 602 g/mol. The number of carbonyl (C=O) groups is 2. The lowest BCUT2D eigenvalue weighted by molar-refractivity contribution is -0.120. The van der Waals surface area contributed by atoms with E-state index in [1.807, 2.05) is 42.5 Å². The predicted octanol–water partition coefficient (Wildman–Crippen LogP) is 5.69. The van der Waals surface area contributed by atoms with E-state index in [1.54, 1.807) is 17.0 Å². The number of primary amides is 1. The molecule has 2 atom stereocenters. The van der Waals surface area contributed by atoms with Crippen molar-refractivity contribution in [2.75, 3.05) is 44.8 Å². The summed E-state index contributed by atoms with van der Waals surface area (Å²) in [6.07, 6.45) is 3.12. The highest BCUT2D eigenvalue weighted by molar-refractivity contribution is 6.30. The van der Waals surface area contributed by atoms with Gasteiger partial charge in [0.1, 0.15) is 0 Å². The van der Waals surface area contributed by atoms with Crippen molar-refractivity contribution in [1.82, 2.24) is 15.1 Å². The number of ether oxygens (including phenoxy) is 2. The van der Waals surface area contributed by atoms with Gasteiger partial charge in [0.25, 0.3) is 0 Å². The minimum absolute atomic E-state index is 0.0858. The Bertz CT molecular complexity index is 1490. The zero-order valence-electron chi connectivity index (χ0n) is 26.4. The van der Waals surface area contributed by atoms with Gasteiger partial charge in [0.2, 0.25) is 12.7 Å². The van der Waals surface area contributed by atoms with Crippen LogP contribution in [0.1, 0.15) is 30.9 Å². The Labute approximate surface area is 276 Å². The van der Waals surface area contributed by atoms with Crippen LogP contribution >= 0.6 is 11.6 Å². The van der Waals surface area contributed by atoms with Crippen LogP contribution in [0.25, 0.3) is 0 Å². The molecule has 9 nitrogen and oxygen atoms in total. The number of likely N-dealkylation sites (tertiary alicyclic amines) is 1. The van der Waals surface area contributed by atoms with E-state index in [-0.39, 0.29) is 43.2 Å². The van der Waals surface area contributed by atoms with Crippen LogP contribution in [-0.4, -0.2) is 67.3 Å². The molecule has 10 heteroatoms. The molecule has 244 valence electrons. The molecule has 0 aliphatic carbocycles. The number of nitrogens with zero attached hydrogens (tertiary/aromatic N) is 2. The van der Waals surface area contributed by atoms with E-state index in [0.29, 0.717) is 31.1 Å². The predicted molar refractivity (Wildman–Crippen MR) is 182 cm³/mol. The number of nitrogens with two attached hydrogens (primary N) is 1. The lowest BCUT2D eigenvalue weighted by atomic mass is 9.90. The lowest BCUT2D eigenvalue weighted by Crippen LogP contribution is -2.48. The molecule has 1 unspecified atom stereocenters. The van der Waals surface area contributed by atoms with Crippen molar-refractivity contribution < 1.29 is 19.1 Å². The number of benzene rings is 3. The van der Waals surface area contributed by atoms with Crippen molar-refractivity contribution in [3.63, 3.8) is 0 Å². The van der Waals surface area contributed by atoms with Crippen LogP contribution in [0.3, 0.4) is 0 Å². The Morgan fingerprint density at radius 1 is 1.02 bits per heavy atom. The Kier molecular flexibility index (Phi) is 11.3. The van der Waals surface area contributed by atoms with E-state index in [1.165, 1.54) is 0 Å². The summed E-state index contributed by atoms with van der Waals surface area (Å²) in [4.78, 5) is 29.1. The standard InChI is InChI=1S/C36H44ClN5O4/c1-25(32(19-27-7-4-3-5-8-27)40-35(43)22-39-31-10-6-9-30(37)21-31)23-42(26(2)29-14-17-41(18-15-29)36(38)44)16-13-28-11-12-33-34(20-28)46-24-45-33/h3-12,20-21,25,29,32,39H,2,13-19,22-24H2,1H3,(H2,38,44)(H,40,43)/t25?,32-/m0/s1. The summed E-state index contributed by atoms with van der Waals surface area (Å²) in [5.41, 5.74) is 9.72. The first-order chi connectivity index (χ1) is 22.2. The number of hydrogen-bond acceptors (Lipinski definition) is 6. The molecule has 0 bridgehead atoms. The highest BCUT2D eigenvalue weighted by Gasteiger charge is 2.29. The van der Waals surface area contributed by atoms with Gasteiger partial charge < -0.3 is 35.6 Å². The SMILES string of the molecule is C=C(C1CCN(C(N)=O)CC1)N(CCc1ccc2c(c1)OCO2)CC(C)[C@H](Cc1ccccc1)NC(=O)CNc1cccc(Cl)c1. The van der Waals surface area contributed by atoms with Gasteiger partial charge in [-0.1, -0.05) is 67.6 Å². The molecule has 2 aliphatic heterocycles. The fourth-order valence-corrected chi connectivity index (χ4v) is 6.37. The van der Waals surface area contributed by atoms with Crippen molar-refractivity contribution in [1.29, 1.82) is 0 Å². The van der Waals surface area contributed by atoms with Crippen LogP contribution < -0.4 is 25.8 Å². The topological polar surface area (TPSA) is 109 Å². The zero-order valence-corrected chi connectivity index (χ0v) is 27.2. The van der Waals surface area contributed by atoms with Gasteiger partial charge in [0, 0.05) is 54.5 Å². The quantitative estimate of drug-likeness (QED) is 0.208. The third-order valence-corrected chi connectivity index (χ3v) is 9.14. The van der Waals surface area contributed by atoms with Crippen molar-refractivity contribution in [2.24, 2.45) is 17.6 Å². The molecule has 0 saturated carbocycles. The van der Waals surface area contributed by atoms with Gasteiger partial charge in [-0.2, -0.15) is 0 Å². The number of carbonyl (C=O) groups excluding carboxylic acids is 2. The summed E-state index contributed by atoms with van der Waals surface area (Å²) in [5.74, 6) is 1.78. The van der Waals surface area contributed by atoms with Crippen LogP contribution in [0.5, 0.6) is 11.5 Å². The van der Waals surface area contributed by atoms with Crippen molar-refractivity contribution >= 4 is 29.2 Å². The normalized spacial score (nSPS) is 15.6. The van der Waals surface area contributed by atoms with E-state index in [0.717, 1.165) is 59.8 Å². The average Bonchev–Trinajstić information content (AvgIpc) is 3.54. The Morgan fingerprint density at radius 2 is 1.78 bits per heavy atom. The molecule has 3 aromatic carbocycles. The molecule has 3 aromatic rings. The number of piperidine rings is 1. The summed E-state index contributed by atoms with van der Waals surface area (Å²) in [5, 5.41) is 7.11. The number of nitrogens with one attached hydrogen (secondary N) is 2. The Morgan fingerprint density at radius 3 is 2.52 bits per heavy atom. The van der Waals surface area contributed by atoms with Gasteiger partial charge in [0.15, 0.2) is 11.5 Å². The third kappa shape index (κ3) is 9.10. The van der Waals surface area contributed by atoms with Crippen LogP contribution in [0.4, 0.5) is 10.5 Å². The highest BCUT2D eigenvalue weighted by atomic mass is 35.5. The first kappa shape index (κ1) is 33.0. The molecule has 0 spiro atoms. The summed E-state index contributed by atoms with van der Waals surface area (Å²) < 4.78 is 11.1. The lowest BCUT2D eigenvalue weighted by Gasteiger charge is -2.39. The number of urea groups is 1. The third-order valence-electron chi connectivity index (χ3n) is 8.91. The van der Waals surface area contributed by atoms with E-state index >= 15 is 0 Å². The molecule has 2 aliphatic rings. The van der Waals surface area contributed by atoms with Crippen LogP contribution in [0, 0.1) is 11.8 Å². The first-order valence-electron chi connectivity index (χ1n) is 15.9. The molecule has 1 saturated heterocycles. The molecule has 4 N–H and O–H groups in total. The smallest absolute Gasteiger partial charge is 0.314 e. The number of anilines is 1. The van der Waals surface area contributed by atoms with Crippen LogP contribution in [0.2, 0.25) is 5.02 Å². The Balaban J connectivity index is 1.29. The molecule has 3 amide bonds. The maximum Gasteiger partial charge on any atom is 0.314 e. The summed E-state index contributed by atoms with van der Waals surface area (Å²) in [7, 11) is 0. The first-order valence-corrected chi connectivity index (χ1v) is 16.3. The molecule has 0 radical (unpaired) electrons. The molecule has 0 aromatic heterocycles. The zero-order chi connectivity index (χ0) is 32.5. The fraction of sp³-hybridized carbons (Fsp3) is 0.389. The van der Waals surface area contributed by atoms with Gasteiger partial charge in [-0.3, -0.25) is 4.79 Å². The molecule has 1 fully saturated rings. The molecule has 46 heavy (non-hydrogen) atoms. The second kappa shape index (κ2) is 15.8. The summed E-state index contributed by atoms with van der Waals surface area (Å²) in [6.45, 7) is 9.85. The number of fused-ring (bicyclic) bond motifs is 1. The Hall–Kier alpha value is -4.37. The molecular formula is C36H44ClN5O4. The van der Waals surface area contributed by atoms with Crippen molar-refractivity contribution in [3.8, 4) is 11.5 Å². The minimum Gasteiger partial charge on any atom is -0.454 e. The van der Waals surface area contributed by atoms with E-state index < -0.39 is 0 Å². The number of amides is 3. The monoisotopic (exact) mass is 645 g/mol. The van der Waals surface area contributed by atoms with Gasteiger partial charge in [-0.05, 0) is 73.1 Å². The van der Waals surface area contributed by atoms with Crippen LogP contribution in [-0.2, 0) is 17.6 Å².